The number of nitrogens with one attached hydrogen (secondary N) is 1. The molecule has 0 spiro atoms. The first kappa shape index (κ1) is 15.7. The maximum absolute atomic E-state index is 4.19. The summed E-state index contributed by atoms with van der Waals surface area (Å²) in [6, 6.07) is 13.7. The molecule has 0 amide bonds. The average Bonchev–Trinajstić information content (AvgIpc) is 2.54. The van der Waals surface area contributed by atoms with Gasteiger partial charge < -0.3 is 5.32 Å². The zero-order valence-corrected chi connectivity index (χ0v) is 13.2. The van der Waals surface area contributed by atoms with E-state index in [-0.39, 0.29) is 0 Å². The zero-order valence-electron chi connectivity index (χ0n) is 13.2. The molecule has 0 bridgehead atoms. The molecule has 0 aliphatic carbocycles. The van der Waals surface area contributed by atoms with Crippen LogP contribution in [-0.4, -0.2) is 17.6 Å². The summed E-state index contributed by atoms with van der Waals surface area (Å²) in [5.41, 5.74) is 4.15. The van der Waals surface area contributed by atoms with Crippen molar-refractivity contribution in [2.24, 2.45) is 0 Å². The number of aromatic nitrogens is 1. The van der Waals surface area contributed by atoms with Crippen LogP contribution in [0.2, 0.25) is 0 Å². The summed E-state index contributed by atoms with van der Waals surface area (Å²) in [5, 5.41) is 3.61. The van der Waals surface area contributed by atoms with Crippen LogP contribution >= 0.6 is 0 Å². The third-order valence-corrected chi connectivity index (χ3v) is 3.91. The van der Waals surface area contributed by atoms with E-state index in [1.54, 1.807) is 0 Å². The second-order valence-electron chi connectivity index (χ2n) is 5.53. The fraction of sp³-hybridized carbons (Fsp3) is 0.421. The third-order valence-electron chi connectivity index (χ3n) is 3.91. The van der Waals surface area contributed by atoms with Crippen molar-refractivity contribution < 1.29 is 0 Å². The van der Waals surface area contributed by atoms with Crippen LogP contribution in [0.4, 0.5) is 0 Å². The highest BCUT2D eigenvalue weighted by atomic mass is 14.9. The number of rotatable bonds is 8. The summed E-state index contributed by atoms with van der Waals surface area (Å²) in [7, 11) is 0. The molecule has 112 valence electrons. The normalized spacial score (nSPS) is 12.3. The van der Waals surface area contributed by atoms with Gasteiger partial charge in [-0.25, -0.2) is 0 Å². The Kier molecular flexibility index (Phi) is 6.42. The first-order valence-corrected chi connectivity index (χ1v) is 8.02. The largest absolute Gasteiger partial charge is 0.314 e. The lowest BCUT2D eigenvalue weighted by Gasteiger charge is -2.18. The molecule has 1 unspecified atom stereocenters. The summed E-state index contributed by atoms with van der Waals surface area (Å²) in [6.07, 6.45) is 8.24. The highest BCUT2D eigenvalue weighted by Gasteiger charge is 2.09. The monoisotopic (exact) mass is 282 g/mol. The Bertz CT molecular complexity index is 505. The van der Waals surface area contributed by atoms with E-state index in [1.807, 2.05) is 18.5 Å². The van der Waals surface area contributed by atoms with Crippen LogP contribution in [0.1, 0.15) is 37.0 Å². The molecule has 1 heterocycles. The van der Waals surface area contributed by atoms with Crippen LogP contribution in [0.3, 0.4) is 0 Å². The van der Waals surface area contributed by atoms with Crippen LogP contribution in [0.15, 0.2) is 48.8 Å². The van der Waals surface area contributed by atoms with Crippen molar-refractivity contribution >= 4 is 0 Å². The van der Waals surface area contributed by atoms with Crippen LogP contribution < -0.4 is 5.32 Å². The van der Waals surface area contributed by atoms with Crippen molar-refractivity contribution in [3.05, 3.63) is 65.5 Å². The number of aryl methyl sites for hydroxylation is 2. The molecule has 0 fully saturated rings. The van der Waals surface area contributed by atoms with Gasteiger partial charge in [0.1, 0.15) is 0 Å². The first-order valence-electron chi connectivity index (χ1n) is 8.02. The van der Waals surface area contributed by atoms with Crippen molar-refractivity contribution in [3.63, 3.8) is 0 Å². The van der Waals surface area contributed by atoms with Crippen LogP contribution in [0.5, 0.6) is 0 Å². The molecular formula is C19H26N2. The van der Waals surface area contributed by atoms with Gasteiger partial charge in [0.05, 0.1) is 0 Å². The van der Waals surface area contributed by atoms with Gasteiger partial charge in [-0.05, 0) is 55.0 Å². The van der Waals surface area contributed by atoms with Gasteiger partial charge in [0.2, 0.25) is 0 Å². The van der Waals surface area contributed by atoms with Crippen molar-refractivity contribution in [2.45, 2.75) is 45.6 Å². The second kappa shape index (κ2) is 8.58. The minimum atomic E-state index is 0.530. The van der Waals surface area contributed by atoms with Gasteiger partial charge in [0.25, 0.3) is 0 Å². The molecule has 0 saturated carbocycles. The van der Waals surface area contributed by atoms with Gasteiger partial charge in [0.15, 0.2) is 0 Å². The molecule has 1 atom stereocenters. The summed E-state index contributed by atoms with van der Waals surface area (Å²) in [5.74, 6) is 0. The van der Waals surface area contributed by atoms with E-state index in [0.29, 0.717) is 6.04 Å². The Morgan fingerprint density at radius 1 is 1.00 bits per heavy atom. The molecule has 21 heavy (non-hydrogen) atoms. The Morgan fingerprint density at radius 2 is 1.76 bits per heavy atom. The van der Waals surface area contributed by atoms with E-state index in [9.17, 15) is 0 Å². The minimum absolute atomic E-state index is 0.530. The Balaban J connectivity index is 1.91. The number of pyridine rings is 1. The fourth-order valence-corrected chi connectivity index (χ4v) is 2.65. The molecule has 2 aromatic rings. The molecule has 1 N–H and O–H groups in total. The summed E-state index contributed by atoms with van der Waals surface area (Å²) >= 11 is 0. The minimum Gasteiger partial charge on any atom is -0.314 e. The van der Waals surface area contributed by atoms with Crippen LogP contribution in [0, 0.1) is 0 Å². The van der Waals surface area contributed by atoms with Crippen molar-refractivity contribution in [3.8, 4) is 0 Å². The lowest BCUT2D eigenvalue weighted by atomic mass is 9.98. The number of hydrogen-bond acceptors (Lipinski definition) is 2. The van der Waals surface area contributed by atoms with E-state index in [0.717, 1.165) is 32.2 Å². The van der Waals surface area contributed by atoms with Crippen molar-refractivity contribution in [1.82, 2.24) is 10.3 Å². The molecule has 2 heteroatoms. The van der Waals surface area contributed by atoms with E-state index in [2.05, 4.69) is 54.5 Å². The predicted octanol–water partition coefficient (Wildman–Crippen LogP) is 3.80. The number of benzene rings is 1. The Hall–Kier alpha value is -1.67. The van der Waals surface area contributed by atoms with E-state index >= 15 is 0 Å². The second-order valence-corrected chi connectivity index (χ2v) is 5.53. The Morgan fingerprint density at radius 3 is 2.38 bits per heavy atom. The summed E-state index contributed by atoms with van der Waals surface area (Å²) in [4.78, 5) is 4.19. The first-order chi connectivity index (χ1) is 10.3. The molecule has 2 rings (SSSR count). The third kappa shape index (κ3) is 5.31. The number of nitrogens with zero attached hydrogens (tertiary/aromatic N) is 1. The lowest BCUT2D eigenvalue weighted by Crippen LogP contribution is -2.31. The molecule has 0 aliphatic heterocycles. The Labute approximate surface area is 128 Å². The van der Waals surface area contributed by atoms with Gasteiger partial charge in [-0.3, -0.25) is 4.98 Å². The molecular weight excluding hydrogens is 256 g/mol. The van der Waals surface area contributed by atoms with Crippen LogP contribution in [-0.2, 0) is 19.3 Å². The predicted molar refractivity (Wildman–Crippen MR) is 89.5 cm³/mol. The lowest BCUT2D eigenvalue weighted by molar-refractivity contribution is 0.491. The van der Waals surface area contributed by atoms with E-state index in [4.69, 9.17) is 0 Å². The smallest absolute Gasteiger partial charge is 0.0299 e. The number of likely N-dealkylation sites (N-methyl/N-ethyl adjacent to an activating group) is 1. The molecule has 0 radical (unpaired) electrons. The highest BCUT2D eigenvalue weighted by Crippen LogP contribution is 2.11. The average molecular weight is 282 g/mol. The maximum Gasteiger partial charge on any atom is 0.0299 e. The fourth-order valence-electron chi connectivity index (χ4n) is 2.65. The quantitative estimate of drug-likeness (QED) is 0.796. The van der Waals surface area contributed by atoms with Gasteiger partial charge >= 0.3 is 0 Å². The van der Waals surface area contributed by atoms with Crippen molar-refractivity contribution in [1.29, 1.82) is 0 Å². The highest BCUT2D eigenvalue weighted by molar-refractivity contribution is 5.23. The van der Waals surface area contributed by atoms with Gasteiger partial charge in [-0.1, -0.05) is 44.2 Å². The van der Waals surface area contributed by atoms with Gasteiger partial charge in [-0.2, -0.15) is 0 Å². The van der Waals surface area contributed by atoms with Gasteiger partial charge in [-0.15, -0.1) is 0 Å². The van der Waals surface area contributed by atoms with Crippen LogP contribution in [0.25, 0.3) is 0 Å². The standard InChI is InChI=1S/C19H26N2/c1-3-16-7-9-17(10-8-16)14-19(21-4-2)12-11-18-6-5-13-20-15-18/h5-10,13,15,19,21H,3-4,11-12,14H2,1-2H3. The molecule has 1 aromatic heterocycles. The zero-order chi connectivity index (χ0) is 14.9. The maximum atomic E-state index is 4.19. The van der Waals surface area contributed by atoms with Gasteiger partial charge in [0, 0.05) is 18.4 Å². The molecule has 1 aromatic carbocycles. The molecule has 0 saturated heterocycles. The molecule has 0 aliphatic rings. The summed E-state index contributed by atoms with van der Waals surface area (Å²) < 4.78 is 0. The SMILES string of the molecule is CCNC(CCc1cccnc1)Cc1ccc(CC)cc1. The van der Waals surface area contributed by atoms with E-state index < -0.39 is 0 Å². The summed E-state index contributed by atoms with van der Waals surface area (Å²) in [6.45, 7) is 5.40. The van der Waals surface area contributed by atoms with E-state index in [1.165, 1.54) is 16.7 Å². The van der Waals surface area contributed by atoms with Crippen molar-refractivity contribution in [2.75, 3.05) is 6.54 Å². The number of hydrogen-bond donors (Lipinski definition) is 1. The molecule has 2 nitrogen and oxygen atoms in total. The topological polar surface area (TPSA) is 24.9 Å².